The Morgan fingerprint density at radius 3 is 2.26 bits per heavy atom. The average Bonchev–Trinajstić information content (AvgIpc) is 2.83. The van der Waals surface area contributed by atoms with Gasteiger partial charge in [0.2, 0.25) is 0 Å². The number of alkyl halides is 2. The van der Waals surface area contributed by atoms with E-state index in [2.05, 4.69) is 18.6 Å². The molecule has 0 saturated heterocycles. The number of ether oxygens (including phenoxy) is 1. The Balaban J connectivity index is 1.59. The molecule has 0 bridgehead atoms. The third-order valence-corrected chi connectivity index (χ3v) is 7.25. The molecule has 2 aromatic rings. The van der Waals surface area contributed by atoms with E-state index >= 15 is 0 Å². The average molecular weight is 497 g/mol. The van der Waals surface area contributed by atoms with Crippen LogP contribution in [0.5, 0.6) is 0 Å². The van der Waals surface area contributed by atoms with E-state index in [1.54, 1.807) is 12.1 Å². The fraction of sp³-hybridized carbons (Fsp3) is 0.586. The molecule has 0 unspecified atom stereocenters. The molecule has 1 aliphatic carbocycles. The molecule has 3 rings (SSSR count). The van der Waals surface area contributed by atoms with Gasteiger partial charge >= 0.3 is 6.11 Å². The van der Waals surface area contributed by atoms with E-state index in [-0.39, 0.29) is 23.7 Å². The summed E-state index contributed by atoms with van der Waals surface area (Å²) in [5.74, 6) is -2.66. The predicted octanol–water partition coefficient (Wildman–Crippen LogP) is 9.22. The highest BCUT2D eigenvalue weighted by Crippen LogP contribution is 2.41. The van der Waals surface area contributed by atoms with E-state index in [1.165, 1.54) is 12.1 Å². The quantitative estimate of drug-likeness (QED) is 0.210. The monoisotopic (exact) mass is 496 g/mol. The smallest absolute Gasteiger partial charge is 0.316 e. The molecule has 0 heterocycles. The van der Waals surface area contributed by atoms with Crippen LogP contribution in [0, 0.1) is 23.4 Å². The first-order valence-corrected chi connectivity index (χ1v) is 13.0. The zero-order valence-electron chi connectivity index (χ0n) is 20.8. The van der Waals surface area contributed by atoms with E-state index in [1.807, 2.05) is 0 Å². The molecule has 0 spiro atoms. The van der Waals surface area contributed by atoms with Gasteiger partial charge in [-0.2, -0.15) is 8.78 Å². The van der Waals surface area contributed by atoms with Gasteiger partial charge in [-0.25, -0.2) is 13.2 Å². The predicted molar refractivity (Wildman–Crippen MR) is 129 cm³/mol. The number of aryl methyl sites for hydroxylation is 1. The minimum Gasteiger partial charge on any atom is -0.316 e. The highest BCUT2D eigenvalue weighted by molar-refractivity contribution is 5.31. The lowest BCUT2D eigenvalue weighted by molar-refractivity contribution is -0.249. The van der Waals surface area contributed by atoms with Crippen LogP contribution in [0.4, 0.5) is 22.0 Å². The van der Waals surface area contributed by atoms with Gasteiger partial charge < -0.3 is 4.74 Å². The topological polar surface area (TPSA) is 9.23 Å². The first kappa shape index (κ1) is 27.6. The largest absolute Gasteiger partial charge is 0.386 e. The first-order chi connectivity index (χ1) is 16.8. The fourth-order valence-electron chi connectivity index (χ4n) is 5.16. The van der Waals surface area contributed by atoms with Crippen LogP contribution in [0.1, 0.15) is 99.8 Å². The molecule has 0 N–H and O–H groups in total. The molecular weight excluding hydrogens is 459 g/mol. The Bertz CT molecular complexity index is 950. The Hall–Kier alpha value is -1.95. The summed E-state index contributed by atoms with van der Waals surface area (Å²) in [5, 5.41) is 0. The van der Waals surface area contributed by atoms with Crippen molar-refractivity contribution in [1.82, 2.24) is 0 Å². The summed E-state index contributed by atoms with van der Waals surface area (Å²) in [6.07, 6.45) is 5.22. The van der Waals surface area contributed by atoms with Crippen LogP contribution in [0.25, 0.3) is 0 Å². The minimum atomic E-state index is -3.99. The molecule has 0 amide bonds. The fourth-order valence-corrected chi connectivity index (χ4v) is 5.16. The third kappa shape index (κ3) is 7.28. The molecule has 35 heavy (non-hydrogen) atoms. The Morgan fingerprint density at radius 1 is 0.857 bits per heavy atom. The van der Waals surface area contributed by atoms with Gasteiger partial charge in [0.15, 0.2) is 11.6 Å². The van der Waals surface area contributed by atoms with Crippen molar-refractivity contribution in [3.63, 3.8) is 0 Å². The van der Waals surface area contributed by atoms with E-state index in [0.29, 0.717) is 23.5 Å². The van der Waals surface area contributed by atoms with Gasteiger partial charge in [0.25, 0.3) is 0 Å². The zero-order chi connectivity index (χ0) is 25.4. The molecule has 6 heteroatoms. The third-order valence-electron chi connectivity index (χ3n) is 7.25. The van der Waals surface area contributed by atoms with Gasteiger partial charge in [-0.05, 0) is 85.6 Å². The van der Waals surface area contributed by atoms with Crippen LogP contribution in [0.15, 0.2) is 30.3 Å². The maximum Gasteiger partial charge on any atom is 0.386 e. The summed E-state index contributed by atoms with van der Waals surface area (Å²) in [7, 11) is 0. The minimum absolute atomic E-state index is 0.0327. The Morgan fingerprint density at radius 2 is 1.60 bits per heavy atom. The molecule has 0 radical (unpaired) electrons. The Labute approximate surface area is 206 Å². The van der Waals surface area contributed by atoms with Crippen LogP contribution < -0.4 is 0 Å². The zero-order valence-corrected chi connectivity index (χ0v) is 20.8. The highest BCUT2D eigenvalue weighted by Gasteiger charge is 2.38. The van der Waals surface area contributed by atoms with Gasteiger partial charge in [-0.1, -0.05) is 57.7 Å². The molecule has 1 aliphatic rings. The molecule has 0 aliphatic heterocycles. The maximum atomic E-state index is 14.8. The number of rotatable bonds is 12. The molecule has 194 valence electrons. The summed E-state index contributed by atoms with van der Waals surface area (Å²) in [6.45, 7) is 3.75. The summed E-state index contributed by atoms with van der Waals surface area (Å²) in [6, 6.07) is 6.91. The van der Waals surface area contributed by atoms with Crippen LogP contribution in [-0.4, -0.2) is 6.61 Å². The van der Waals surface area contributed by atoms with Crippen molar-refractivity contribution >= 4 is 0 Å². The second-order valence-corrected chi connectivity index (χ2v) is 9.83. The van der Waals surface area contributed by atoms with Gasteiger partial charge in [0.1, 0.15) is 5.82 Å². The molecule has 1 saturated carbocycles. The second kappa shape index (κ2) is 12.8. The molecule has 2 aromatic carbocycles. The van der Waals surface area contributed by atoms with Crippen LogP contribution in [-0.2, 0) is 23.7 Å². The van der Waals surface area contributed by atoms with Gasteiger partial charge in [-0.15, -0.1) is 0 Å². The number of hydrogen-bond acceptors (Lipinski definition) is 1. The van der Waals surface area contributed by atoms with Crippen molar-refractivity contribution in [1.29, 1.82) is 0 Å². The highest BCUT2D eigenvalue weighted by atomic mass is 19.3. The lowest BCUT2D eigenvalue weighted by atomic mass is 9.77. The van der Waals surface area contributed by atoms with Crippen LogP contribution in [0.3, 0.4) is 0 Å². The van der Waals surface area contributed by atoms with E-state index in [0.717, 1.165) is 63.9 Å². The molecular formula is C29H37F5O. The summed E-state index contributed by atoms with van der Waals surface area (Å²) >= 11 is 0. The van der Waals surface area contributed by atoms with Crippen molar-refractivity contribution < 1.29 is 26.7 Å². The first-order valence-electron chi connectivity index (χ1n) is 13.0. The maximum absolute atomic E-state index is 14.8. The van der Waals surface area contributed by atoms with E-state index in [9.17, 15) is 22.0 Å². The second-order valence-electron chi connectivity index (χ2n) is 9.83. The molecule has 1 nitrogen and oxygen atoms in total. The van der Waals surface area contributed by atoms with Crippen LogP contribution >= 0.6 is 0 Å². The number of halogens is 5. The lowest BCUT2D eigenvalue weighted by Gasteiger charge is -2.29. The van der Waals surface area contributed by atoms with Gasteiger partial charge in [0.05, 0.1) is 12.2 Å². The van der Waals surface area contributed by atoms with Crippen molar-refractivity contribution in [2.75, 3.05) is 6.61 Å². The van der Waals surface area contributed by atoms with Crippen molar-refractivity contribution in [3.8, 4) is 0 Å². The van der Waals surface area contributed by atoms with Gasteiger partial charge in [-0.3, -0.25) is 0 Å². The summed E-state index contributed by atoms with van der Waals surface area (Å²) in [5.41, 5.74) is 0.186. The number of hydrogen-bond donors (Lipinski definition) is 0. The molecule has 1 fully saturated rings. The summed E-state index contributed by atoms with van der Waals surface area (Å²) < 4.78 is 77.7. The summed E-state index contributed by atoms with van der Waals surface area (Å²) in [4.78, 5) is 0. The van der Waals surface area contributed by atoms with E-state index < -0.39 is 29.9 Å². The molecule has 0 atom stereocenters. The van der Waals surface area contributed by atoms with E-state index in [4.69, 9.17) is 0 Å². The standard InChI is InChI=1S/C29H37F5O/c1-3-5-6-8-23-14-11-21(19-26(23)30)17-18-35-29(33,34)25-16-15-24(27(31)28(25)32)22-12-9-20(7-4-2)10-13-22/h11,14-16,19-20,22H,3-10,12-13,17-18H2,1-2H3/t20-,22-. The van der Waals surface area contributed by atoms with Gasteiger partial charge in [0, 0.05) is 0 Å². The number of unbranched alkanes of at least 4 members (excludes halogenated alkanes) is 2. The van der Waals surface area contributed by atoms with Crippen molar-refractivity contribution in [3.05, 3.63) is 70.0 Å². The van der Waals surface area contributed by atoms with Crippen molar-refractivity contribution in [2.24, 2.45) is 5.92 Å². The van der Waals surface area contributed by atoms with Crippen molar-refractivity contribution in [2.45, 2.75) is 96.5 Å². The lowest BCUT2D eigenvalue weighted by Crippen LogP contribution is -2.23. The Kier molecular flexibility index (Phi) is 10.1. The molecule has 0 aromatic heterocycles. The number of benzene rings is 2. The normalized spacial score (nSPS) is 18.7. The van der Waals surface area contributed by atoms with Crippen LogP contribution in [0.2, 0.25) is 0 Å². The SMILES string of the molecule is CCCCCc1ccc(CCOC(F)(F)c2ccc([C@H]3CC[C@H](CCC)CC3)c(F)c2F)cc1F.